The number of benzene rings is 3. The van der Waals surface area contributed by atoms with E-state index in [1.54, 1.807) is 24.3 Å². The molecule has 4 rings (SSSR count). The van der Waals surface area contributed by atoms with Gasteiger partial charge < -0.3 is 25.0 Å². The fraction of sp³-hybridized carbons (Fsp3) is 0.321. The summed E-state index contributed by atoms with van der Waals surface area (Å²) in [5, 5.41) is 24.2. The maximum atomic E-state index is 11.7. The fourth-order valence-electron chi connectivity index (χ4n) is 4.29. The van der Waals surface area contributed by atoms with E-state index in [0.717, 1.165) is 31.2 Å². The van der Waals surface area contributed by atoms with Crippen LogP contribution in [0.5, 0.6) is 17.2 Å². The number of hydrogen-bond acceptors (Lipinski definition) is 5. The van der Waals surface area contributed by atoms with Crippen molar-refractivity contribution < 1.29 is 24.5 Å². The third kappa shape index (κ3) is 6.54. The lowest BCUT2D eigenvalue weighted by Crippen LogP contribution is -2.37. The Kier molecular flexibility index (Phi) is 8.29. The first-order chi connectivity index (χ1) is 16.9. The molecule has 1 aliphatic rings. The minimum atomic E-state index is -1.05. The van der Waals surface area contributed by atoms with Gasteiger partial charge in [0.1, 0.15) is 22.8 Å². The van der Waals surface area contributed by atoms with Gasteiger partial charge in [-0.15, -0.1) is 0 Å². The third-order valence-corrected chi connectivity index (χ3v) is 6.35. The average molecular weight is 496 g/mol. The molecule has 0 saturated heterocycles. The smallest absolute Gasteiger partial charge is 0.339 e. The number of carboxylic acids is 1. The highest BCUT2D eigenvalue weighted by Crippen LogP contribution is 2.31. The molecular weight excluding hydrogens is 466 g/mol. The summed E-state index contributed by atoms with van der Waals surface area (Å²) in [4.78, 5) is 11.7. The van der Waals surface area contributed by atoms with Crippen LogP contribution in [0.25, 0.3) is 0 Å². The molecule has 0 bridgehead atoms. The Morgan fingerprint density at radius 2 is 1.91 bits per heavy atom. The normalized spacial score (nSPS) is 15.8. The highest BCUT2D eigenvalue weighted by molar-refractivity contribution is 6.30. The SMILES string of the molecule is CCCOc1ccc(Oc2ccc3c(c2)C[C@@H](NC[C@H](O)c2cccc(Cl)c2)CC3)cc1C(=O)O. The van der Waals surface area contributed by atoms with E-state index >= 15 is 0 Å². The van der Waals surface area contributed by atoms with Gasteiger partial charge >= 0.3 is 5.97 Å². The Bertz CT molecular complexity index is 1180. The number of ether oxygens (including phenoxy) is 2. The van der Waals surface area contributed by atoms with E-state index in [2.05, 4.69) is 11.4 Å². The minimum Gasteiger partial charge on any atom is -0.493 e. The summed E-state index contributed by atoms with van der Waals surface area (Å²) >= 11 is 6.04. The van der Waals surface area contributed by atoms with Crippen LogP contribution >= 0.6 is 11.6 Å². The van der Waals surface area contributed by atoms with Crippen molar-refractivity contribution in [2.24, 2.45) is 0 Å². The molecule has 6 nitrogen and oxygen atoms in total. The van der Waals surface area contributed by atoms with Gasteiger partial charge in [-0.25, -0.2) is 4.79 Å². The van der Waals surface area contributed by atoms with Crippen LogP contribution in [0.1, 0.15) is 52.9 Å². The van der Waals surface area contributed by atoms with Crippen LogP contribution in [-0.4, -0.2) is 35.4 Å². The summed E-state index contributed by atoms with van der Waals surface area (Å²) in [6, 6.07) is 18.4. The molecule has 2 atom stereocenters. The number of carboxylic acid groups (broad SMARTS) is 1. The van der Waals surface area contributed by atoms with Crippen LogP contribution in [0, 0.1) is 0 Å². The van der Waals surface area contributed by atoms with Crippen LogP contribution in [-0.2, 0) is 12.8 Å². The average Bonchev–Trinajstić information content (AvgIpc) is 2.86. The van der Waals surface area contributed by atoms with E-state index in [4.69, 9.17) is 21.1 Å². The third-order valence-electron chi connectivity index (χ3n) is 6.12. The second kappa shape index (κ2) is 11.6. The zero-order chi connectivity index (χ0) is 24.8. The van der Waals surface area contributed by atoms with Gasteiger partial charge in [-0.1, -0.05) is 36.7 Å². The molecule has 0 amide bonds. The minimum absolute atomic E-state index is 0.0800. The molecule has 3 N–H and O–H groups in total. The number of nitrogens with one attached hydrogen (secondary N) is 1. The lowest BCUT2D eigenvalue weighted by Gasteiger charge is -2.27. The predicted octanol–water partition coefficient (Wildman–Crippen LogP) is 5.80. The number of aryl methyl sites for hydroxylation is 1. The molecule has 35 heavy (non-hydrogen) atoms. The second-order valence-corrected chi connectivity index (χ2v) is 9.20. The van der Waals surface area contributed by atoms with Crippen LogP contribution in [0.4, 0.5) is 0 Å². The Morgan fingerprint density at radius 3 is 2.69 bits per heavy atom. The Labute approximate surface area is 210 Å². The van der Waals surface area contributed by atoms with Gasteiger partial charge in [0.25, 0.3) is 0 Å². The summed E-state index contributed by atoms with van der Waals surface area (Å²) in [7, 11) is 0. The molecule has 0 heterocycles. The van der Waals surface area contributed by atoms with Crippen LogP contribution in [0.2, 0.25) is 5.02 Å². The van der Waals surface area contributed by atoms with Gasteiger partial charge in [0.15, 0.2) is 0 Å². The van der Waals surface area contributed by atoms with Gasteiger partial charge in [-0.2, -0.15) is 0 Å². The van der Waals surface area contributed by atoms with Gasteiger partial charge in [-0.3, -0.25) is 0 Å². The highest BCUT2D eigenvalue weighted by Gasteiger charge is 2.21. The standard InChI is InChI=1S/C28H30ClNO5/c1-2-12-34-27-11-10-24(16-25(27)28(32)33)35-23-9-7-18-6-8-22(14-20(18)15-23)30-17-26(31)19-4-3-5-21(29)13-19/h3-5,7,9-11,13,15-16,22,26,30-31H,2,6,8,12,14,17H2,1H3,(H,32,33)/t22-,26-/m0/s1. The number of carbonyl (C=O) groups is 1. The summed E-state index contributed by atoms with van der Waals surface area (Å²) in [5.41, 5.74) is 3.34. The van der Waals surface area contributed by atoms with Crippen molar-refractivity contribution in [2.75, 3.05) is 13.2 Å². The lowest BCUT2D eigenvalue weighted by molar-refractivity contribution is 0.0691. The first-order valence-corrected chi connectivity index (χ1v) is 12.3. The van der Waals surface area contributed by atoms with Gasteiger partial charge in [0.05, 0.1) is 12.7 Å². The molecule has 0 saturated carbocycles. The molecule has 0 radical (unpaired) electrons. The van der Waals surface area contributed by atoms with Crippen molar-refractivity contribution in [1.82, 2.24) is 5.32 Å². The number of hydrogen-bond donors (Lipinski definition) is 3. The zero-order valence-corrected chi connectivity index (χ0v) is 20.4. The van der Waals surface area contributed by atoms with Gasteiger partial charge in [-0.05, 0) is 84.8 Å². The summed E-state index contributed by atoms with van der Waals surface area (Å²) < 4.78 is 11.6. The molecule has 3 aromatic carbocycles. The Balaban J connectivity index is 1.40. The van der Waals surface area contributed by atoms with Gasteiger partial charge in [0, 0.05) is 17.6 Å². The first kappa shape index (κ1) is 25.0. The summed E-state index contributed by atoms with van der Waals surface area (Å²) in [6.07, 6.45) is 2.91. The van der Waals surface area contributed by atoms with E-state index in [9.17, 15) is 15.0 Å². The molecule has 184 valence electrons. The molecule has 0 spiro atoms. The van der Waals surface area contributed by atoms with Crippen molar-refractivity contribution >= 4 is 17.6 Å². The Morgan fingerprint density at radius 1 is 1.11 bits per heavy atom. The van der Waals surface area contributed by atoms with E-state index in [1.807, 2.05) is 31.2 Å². The van der Waals surface area contributed by atoms with Crippen molar-refractivity contribution in [3.05, 3.63) is 87.9 Å². The van der Waals surface area contributed by atoms with Crippen LogP contribution in [0.15, 0.2) is 60.7 Å². The maximum Gasteiger partial charge on any atom is 0.339 e. The number of aliphatic hydroxyl groups is 1. The van der Waals surface area contributed by atoms with Crippen LogP contribution in [0.3, 0.4) is 0 Å². The van der Waals surface area contributed by atoms with Gasteiger partial charge in [0.2, 0.25) is 0 Å². The number of aliphatic hydroxyl groups excluding tert-OH is 1. The van der Waals surface area contributed by atoms with E-state index in [0.29, 0.717) is 35.4 Å². The number of halogens is 1. The molecule has 0 unspecified atom stereocenters. The summed E-state index contributed by atoms with van der Waals surface area (Å²) in [6.45, 7) is 2.87. The molecule has 0 aromatic heterocycles. The monoisotopic (exact) mass is 495 g/mol. The fourth-order valence-corrected chi connectivity index (χ4v) is 4.49. The van der Waals surface area contributed by atoms with Crippen molar-refractivity contribution in [1.29, 1.82) is 0 Å². The second-order valence-electron chi connectivity index (χ2n) is 8.76. The summed E-state index contributed by atoms with van der Waals surface area (Å²) in [5.74, 6) is 0.384. The quantitative estimate of drug-likeness (QED) is 0.329. The number of fused-ring (bicyclic) bond motifs is 1. The molecular formula is C28H30ClNO5. The first-order valence-electron chi connectivity index (χ1n) is 11.9. The largest absolute Gasteiger partial charge is 0.493 e. The zero-order valence-electron chi connectivity index (χ0n) is 19.7. The van der Waals surface area contributed by atoms with E-state index in [-0.39, 0.29) is 11.6 Å². The molecule has 3 aromatic rings. The van der Waals surface area contributed by atoms with E-state index < -0.39 is 12.1 Å². The molecule has 0 fully saturated rings. The van der Waals surface area contributed by atoms with Crippen LogP contribution < -0.4 is 14.8 Å². The van der Waals surface area contributed by atoms with Crippen molar-refractivity contribution in [2.45, 2.75) is 44.8 Å². The predicted molar refractivity (Wildman–Crippen MR) is 136 cm³/mol. The lowest BCUT2D eigenvalue weighted by atomic mass is 9.88. The van der Waals surface area contributed by atoms with E-state index in [1.165, 1.54) is 17.2 Å². The molecule has 0 aliphatic heterocycles. The number of rotatable bonds is 10. The van der Waals surface area contributed by atoms with Crippen molar-refractivity contribution in [3.8, 4) is 17.2 Å². The Hall–Kier alpha value is -3.06. The molecule has 7 heteroatoms. The molecule has 1 aliphatic carbocycles. The maximum absolute atomic E-state index is 11.7. The van der Waals surface area contributed by atoms with Crippen molar-refractivity contribution in [3.63, 3.8) is 0 Å². The highest BCUT2D eigenvalue weighted by atomic mass is 35.5. The topological polar surface area (TPSA) is 88.0 Å². The number of aromatic carboxylic acids is 1.